The predicted octanol–water partition coefficient (Wildman–Crippen LogP) is -0.921. The minimum atomic E-state index is -4.67. The molecule has 0 fully saturated rings. The molecular formula is C5H14CoN4O7S-3. The van der Waals surface area contributed by atoms with Crippen molar-refractivity contribution in [2.75, 3.05) is 26.2 Å². The van der Waals surface area contributed by atoms with Gasteiger partial charge in [-0.2, -0.15) is 34.6 Å². The van der Waals surface area contributed by atoms with E-state index in [1.165, 1.54) is 0 Å². The van der Waals surface area contributed by atoms with Crippen molar-refractivity contribution in [2.45, 2.75) is 0 Å². The average molecular weight is 333 g/mol. The Morgan fingerprint density at radius 3 is 0.944 bits per heavy atom. The van der Waals surface area contributed by atoms with E-state index in [1.54, 1.807) is 0 Å². The zero-order valence-corrected chi connectivity index (χ0v) is 10.9. The molecule has 6 N–H and O–H groups in total. The largest absolute Gasteiger partial charge is 3.00 e. The molecule has 0 saturated carbocycles. The van der Waals surface area contributed by atoms with Crippen LogP contribution >= 0.6 is 0 Å². The first-order valence-electron chi connectivity index (χ1n) is 3.73. The van der Waals surface area contributed by atoms with Gasteiger partial charge < -0.3 is 37.9 Å². The molecule has 0 aromatic heterocycles. The van der Waals surface area contributed by atoms with Crippen LogP contribution in [0.3, 0.4) is 0 Å². The molecule has 0 aromatic rings. The van der Waals surface area contributed by atoms with Gasteiger partial charge in [-0.3, -0.25) is 9.11 Å². The topological polar surface area (TPSA) is 233 Å². The van der Waals surface area contributed by atoms with Crippen LogP contribution in [0, 0.1) is 0 Å². The Bertz CT molecular complexity index is 218. The standard InChI is InChI=1S/2C2H6N2.CH2O3.Co.H2O4S/c2*3-1-2-4;2-1(3)4;;1-5(2,3)4/h2*3-4H,1-2H2;(H2,2,3,4);;(H2,1,2,3,4)/q2*-2;;+3;/p-2. The molecule has 0 spiro atoms. The molecule has 0 unspecified atom stereocenters. The molecule has 0 aromatic carbocycles. The van der Waals surface area contributed by atoms with E-state index < -0.39 is 16.6 Å². The summed E-state index contributed by atoms with van der Waals surface area (Å²) in [6.45, 7) is 0.944. The summed E-state index contributed by atoms with van der Waals surface area (Å²) >= 11 is 0. The van der Waals surface area contributed by atoms with Crippen molar-refractivity contribution in [2.24, 2.45) is 0 Å². The van der Waals surface area contributed by atoms with Crippen LogP contribution in [0.1, 0.15) is 0 Å². The molecule has 18 heavy (non-hydrogen) atoms. The second-order valence-electron chi connectivity index (χ2n) is 1.70. The Morgan fingerprint density at radius 2 is 0.944 bits per heavy atom. The fourth-order valence-electron chi connectivity index (χ4n) is 0. The van der Waals surface area contributed by atoms with Crippen LogP contribution in [-0.4, -0.2) is 49.9 Å². The minimum absolute atomic E-state index is 0. The van der Waals surface area contributed by atoms with Gasteiger partial charge >= 0.3 is 27.2 Å². The fourth-order valence-corrected chi connectivity index (χ4v) is 0. The second kappa shape index (κ2) is 25.4. The van der Waals surface area contributed by atoms with E-state index in [0.29, 0.717) is 0 Å². The number of rotatable bonds is 2. The molecule has 0 heterocycles. The van der Waals surface area contributed by atoms with E-state index in [-0.39, 0.29) is 43.0 Å². The monoisotopic (exact) mass is 333 g/mol. The zero-order valence-electron chi connectivity index (χ0n) is 9.01. The van der Waals surface area contributed by atoms with Gasteiger partial charge in [0.05, 0.1) is 0 Å². The molecule has 0 aliphatic carbocycles. The normalized spacial score (nSPS) is 7.89. The summed E-state index contributed by atoms with van der Waals surface area (Å²) in [5.74, 6) is 0. The first kappa shape index (κ1) is 30.5. The van der Waals surface area contributed by atoms with Gasteiger partial charge in [0.1, 0.15) is 0 Å². The fraction of sp³-hybridized carbons (Fsp3) is 0.800. The second-order valence-corrected chi connectivity index (χ2v) is 2.59. The zero-order chi connectivity index (χ0) is 14.9. The van der Waals surface area contributed by atoms with Crippen LogP contribution in [0.25, 0.3) is 22.9 Å². The van der Waals surface area contributed by atoms with Crippen LogP contribution in [0.5, 0.6) is 0 Å². The van der Waals surface area contributed by atoms with E-state index in [0.717, 1.165) is 0 Å². The molecule has 0 rings (SSSR count). The van der Waals surface area contributed by atoms with E-state index in [2.05, 4.69) is 0 Å². The van der Waals surface area contributed by atoms with E-state index in [1.807, 2.05) is 0 Å². The van der Waals surface area contributed by atoms with Gasteiger partial charge in [-0.1, -0.05) is 0 Å². The molecule has 0 radical (unpaired) electrons. The van der Waals surface area contributed by atoms with Gasteiger partial charge in [0.15, 0.2) is 0 Å². The van der Waals surface area contributed by atoms with E-state index >= 15 is 0 Å². The van der Waals surface area contributed by atoms with Gasteiger partial charge in [0.25, 0.3) is 0 Å². The average Bonchev–Trinajstić information content (AvgIpc) is 2.14. The van der Waals surface area contributed by atoms with Gasteiger partial charge in [0.2, 0.25) is 0 Å². The van der Waals surface area contributed by atoms with Crippen molar-refractivity contribution < 1.29 is 49.3 Å². The predicted molar refractivity (Wildman–Crippen MR) is 56.3 cm³/mol. The van der Waals surface area contributed by atoms with Gasteiger partial charge in [0, 0.05) is 0 Å². The third-order valence-electron chi connectivity index (χ3n) is 0.250. The molecule has 0 amide bonds. The minimum Gasteiger partial charge on any atom is -0.679 e. The smallest absolute Gasteiger partial charge is 0.679 e. The Morgan fingerprint density at radius 1 is 0.889 bits per heavy atom. The number of nitrogens with one attached hydrogen (secondary N) is 4. The van der Waals surface area contributed by atoms with Crippen molar-refractivity contribution in [3.8, 4) is 0 Å². The van der Waals surface area contributed by atoms with Crippen LogP contribution < -0.4 is 10.2 Å². The van der Waals surface area contributed by atoms with Crippen molar-refractivity contribution in [1.29, 1.82) is 0 Å². The third kappa shape index (κ3) is 1470. The Kier molecular flexibility index (Phi) is 42.9. The summed E-state index contributed by atoms with van der Waals surface area (Å²) in [4.78, 5) is 8.33. The summed E-state index contributed by atoms with van der Waals surface area (Å²) in [7, 11) is -4.67. The molecule has 11 nitrogen and oxygen atoms in total. The van der Waals surface area contributed by atoms with Crippen LogP contribution in [0.15, 0.2) is 0 Å². The maximum atomic E-state index is 8.74. The molecule has 13 heteroatoms. The number of carbonyl (C=O) groups is 1. The summed E-state index contributed by atoms with van der Waals surface area (Å²) in [5.41, 5.74) is 25.1. The van der Waals surface area contributed by atoms with Crippen LogP contribution in [0.2, 0.25) is 0 Å². The summed E-state index contributed by atoms with van der Waals surface area (Å²) in [6, 6.07) is 0. The number of carboxylic acid groups (broad SMARTS) is 2. The third-order valence-corrected chi connectivity index (χ3v) is 0.250. The molecule has 0 aliphatic heterocycles. The SMILES string of the molecule is O=C([O-])[O-].O=S(=O)(O)O.[Co+3].[NH-]CC[NH-].[NH-]CC[NH-]. The van der Waals surface area contributed by atoms with Gasteiger partial charge in [-0.15, -0.1) is 0 Å². The maximum Gasteiger partial charge on any atom is 3.00 e. The van der Waals surface area contributed by atoms with Crippen LogP contribution in [0.4, 0.5) is 4.79 Å². The van der Waals surface area contributed by atoms with Gasteiger partial charge in [-0.05, 0) is 6.16 Å². The van der Waals surface area contributed by atoms with Crippen molar-refractivity contribution >= 4 is 16.6 Å². The number of carbonyl (C=O) groups excluding carboxylic acids is 1. The molecule has 0 bridgehead atoms. The summed E-state index contributed by atoms with van der Waals surface area (Å²) in [6.07, 6.45) is -2.33. The summed E-state index contributed by atoms with van der Waals surface area (Å²) < 4.78 is 31.6. The molecular weight excluding hydrogens is 319 g/mol. The molecule has 0 atom stereocenters. The quantitative estimate of drug-likeness (QED) is 0.602. The first-order valence-corrected chi connectivity index (χ1v) is 5.12. The van der Waals surface area contributed by atoms with Gasteiger partial charge in [-0.25, -0.2) is 0 Å². The maximum absolute atomic E-state index is 8.74. The Balaban J connectivity index is -0.0000000412. The van der Waals surface area contributed by atoms with E-state index in [4.69, 9.17) is 55.5 Å². The van der Waals surface area contributed by atoms with Crippen molar-refractivity contribution in [1.82, 2.24) is 0 Å². The molecule has 0 saturated heterocycles. The van der Waals surface area contributed by atoms with Crippen molar-refractivity contribution in [3.63, 3.8) is 0 Å². The Hall–Kier alpha value is -0.514. The number of hydrogen-bond donors (Lipinski definition) is 2. The van der Waals surface area contributed by atoms with E-state index in [9.17, 15) is 0 Å². The first-order chi connectivity index (χ1) is 7.56. The summed E-state index contributed by atoms with van der Waals surface area (Å²) in [5, 5.41) is 16.7. The van der Waals surface area contributed by atoms with Crippen molar-refractivity contribution in [3.05, 3.63) is 22.9 Å². The van der Waals surface area contributed by atoms with Crippen LogP contribution in [-0.2, 0) is 27.2 Å². The Labute approximate surface area is 115 Å². The number of hydrogen-bond acceptors (Lipinski definition) is 5. The molecule has 114 valence electrons. The molecule has 0 aliphatic rings.